The van der Waals surface area contributed by atoms with E-state index in [1.165, 1.54) is 0 Å². The van der Waals surface area contributed by atoms with E-state index in [9.17, 15) is 4.79 Å². The van der Waals surface area contributed by atoms with Crippen molar-refractivity contribution in [1.82, 2.24) is 4.90 Å². The van der Waals surface area contributed by atoms with Crippen LogP contribution in [0, 0.1) is 11.8 Å². The third-order valence-corrected chi connectivity index (χ3v) is 3.30. The Morgan fingerprint density at radius 2 is 2.00 bits per heavy atom. The molecule has 17 heavy (non-hydrogen) atoms. The summed E-state index contributed by atoms with van der Waals surface area (Å²) in [7, 11) is 3.68. The number of rotatable bonds is 7. The Balaban J connectivity index is 4.16. The van der Waals surface area contributed by atoms with Crippen LogP contribution < -0.4 is 0 Å². The Hall–Kier alpha value is -0.640. The summed E-state index contributed by atoms with van der Waals surface area (Å²) >= 11 is 5.04. The van der Waals surface area contributed by atoms with Gasteiger partial charge in [0.1, 0.15) is 12.4 Å². The molecule has 0 spiro atoms. The minimum atomic E-state index is -0.0329. The fourth-order valence-corrected chi connectivity index (χ4v) is 1.82. The first-order valence-electron chi connectivity index (χ1n) is 6.23. The first-order valence-corrected chi connectivity index (χ1v) is 6.63. The van der Waals surface area contributed by atoms with Crippen molar-refractivity contribution in [2.75, 3.05) is 20.7 Å². The molecule has 0 aliphatic rings. The Morgan fingerprint density at radius 1 is 1.41 bits per heavy atom. The van der Waals surface area contributed by atoms with E-state index in [1.807, 2.05) is 14.1 Å². The van der Waals surface area contributed by atoms with Crippen LogP contribution in [-0.4, -0.2) is 36.6 Å². The molecule has 2 unspecified atom stereocenters. The normalized spacial score (nSPS) is 13.9. The number of carbonyl (C=O) groups is 1. The molecule has 3 nitrogen and oxygen atoms in total. The summed E-state index contributed by atoms with van der Waals surface area (Å²) in [5, 5.41) is 0.444. The summed E-state index contributed by atoms with van der Waals surface area (Å²) in [6.45, 7) is 6.38. The van der Waals surface area contributed by atoms with Crippen molar-refractivity contribution in [3.05, 3.63) is 0 Å². The third-order valence-electron chi connectivity index (χ3n) is 2.82. The van der Waals surface area contributed by atoms with Crippen molar-refractivity contribution in [2.45, 2.75) is 40.0 Å². The summed E-state index contributed by atoms with van der Waals surface area (Å²) in [6.07, 6.45) is 3.20. The van der Waals surface area contributed by atoms with Crippen LogP contribution in [0.15, 0.2) is 0 Å². The van der Waals surface area contributed by atoms with Gasteiger partial charge in [-0.2, -0.15) is 0 Å². The van der Waals surface area contributed by atoms with Crippen molar-refractivity contribution >= 4 is 23.2 Å². The highest BCUT2D eigenvalue weighted by molar-refractivity contribution is 7.80. The maximum atomic E-state index is 11.5. The Morgan fingerprint density at radius 3 is 2.41 bits per heavy atom. The van der Waals surface area contributed by atoms with Gasteiger partial charge < -0.3 is 9.64 Å². The van der Waals surface area contributed by atoms with Crippen molar-refractivity contribution in [3.8, 4) is 0 Å². The van der Waals surface area contributed by atoms with Crippen LogP contribution in [0.5, 0.6) is 0 Å². The van der Waals surface area contributed by atoms with Gasteiger partial charge in [-0.15, -0.1) is 0 Å². The number of hydrogen-bond donors (Lipinski definition) is 0. The van der Waals surface area contributed by atoms with Crippen molar-refractivity contribution in [3.63, 3.8) is 0 Å². The van der Waals surface area contributed by atoms with Crippen LogP contribution in [0.1, 0.15) is 40.0 Å². The average Bonchev–Trinajstić information content (AvgIpc) is 2.23. The fourth-order valence-electron chi connectivity index (χ4n) is 1.75. The molecule has 0 amide bonds. The minimum Gasteiger partial charge on any atom is -0.470 e. The van der Waals surface area contributed by atoms with Crippen LogP contribution >= 0.6 is 12.2 Å². The van der Waals surface area contributed by atoms with Crippen LogP contribution in [0.4, 0.5) is 0 Å². The van der Waals surface area contributed by atoms with E-state index >= 15 is 0 Å². The molecule has 100 valence electrons. The summed E-state index contributed by atoms with van der Waals surface area (Å²) in [5.41, 5.74) is 0. The zero-order valence-electron chi connectivity index (χ0n) is 11.7. The number of thiocarbonyl (C=S) groups is 1. The lowest BCUT2D eigenvalue weighted by Crippen LogP contribution is -2.28. The molecule has 0 fully saturated rings. The molecule has 0 aliphatic heterocycles. The second kappa shape index (κ2) is 8.45. The largest absolute Gasteiger partial charge is 0.470 e. The van der Waals surface area contributed by atoms with Crippen molar-refractivity contribution in [2.24, 2.45) is 11.8 Å². The maximum absolute atomic E-state index is 11.5. The van der Waals surface area contributed by atoms with Gasteiger partial charge in [0.15, 0.2) is 0 Å². The van der Waals surface area contributed by atoms with E-state index in [1.54, 1.807) is 11.8 Å². The zero-order chi connectivity index (χ0) is 13.4. The molecule has 2 atom stereocenters. The van der Waals surface area contributed by atoms with Gasteiger partial charge in [-0.1, -0.05) is 26.7 Å². The maximum Gasteiger partial charge on any atom is 0.258 e. The van der Waals surface area contributed by atoms with E-state index in [0.717, 1.165) is 19.3 Å². The third kappa shape index (κ3) is 7.31. The molecule has 0 saturated carbocycles. The smallest absolute Gasteiger partial charge is 0.258 e. The van der Waals surface area contributed by atoms with Gasteiger partial charge in [-0.25, -0.2) is 0 Å². The first-order chi connectivity index (χ1) is 7.88. The average molecular weight is 259 g/mol. The number of ether oxygens (including phenoxy) is 1. The second-order valence-electron chi connectivity index (χ2n) is 4.91. The first kappa shape index (κ1) is 16.4. The SMILES string of the molecule is CCCC(C)CC(COC(=S)N(C)C)C(C)=O. The predicted octanol–water partition coefficient (Wildman–Crippen LogP) is 2.88. The van der Waals surface area contributed by atoms with Crippen molar-refractivity contribution in [1.29, 1.82) is 0 Å². The number of Topliss-reactive ketones (excluding diaryl/α,β-unsaturated/α-hetero) is 1. The molecule has 4 heteroatoms. The van der Waals surface area contributed by atoms with Crippen LogP contribution in [0.2, 0.25) is 0 Å². The van der Waals surface area contributed by atoms with Gasteiger partial charge in [0.2, 0.25) is 0 Å². The molecular formula is C13H25NO2S. The predicted molar refractivity (Wildman–Crippen MR) is 75.1 cm³/mol. The summed E-state index contributed by atoms with van der Waals surface area (Å²) in [5.74, 6) is 0.717. The molecule has 0 bridgehead atoms. The van der Waals surface area contributed by atoms with Crippen LogP contribution in [-0.2, 0) is 9.53 Å². The molecule has 0 saturated heterocycles. The number of ketones is 1. The molecular weight excluding hydrogens is 234 g/mol. The highest BCUT2D eigenvalue weighted by Crippen LogP contribution is 2.18. The Bertz CT molecular complexity index is 254. The lowest BCUT2D eigenvalue weighted by Gasteiger charge is -2.21. The lowest BCUT2D eigenvalue weighted by atomic mass is 9.91. The Labute approximate surface area is 111 Å². The second-order valence-corrected chi connectivity index (χ2v) is 5.26. The zero-order valence-corrected chi connectivity index (χ0v) is 12.5. The molecule has 0 N–H and O–H groups in total. The number of hydrogen-bond acceptors (Lipinski definition) is 3. The fraction of sp³-hybridized carbons (Fsp3) is 0.846. The van der Waals surface area contributed by atoms with Gasteiger partial charge >= 0.3 is 0 Å². The van der Waals surface area contributed by atoms with E-state index in [2.05, 4.69) is 13.8 Å². The molecule has 0 radical (unpaired) electrons. The topological polar surface area (TPSA) is 29.5 Å². The van der Waals surface area contributed by atoms with Gasteiger partial charge in [0.05, 0.1) is 5.92 Å². The summed E-state index contributed by atoms with van der Waals surface area (Å²) < 4.78 is 5.44. The Kier molecular flexibility index (Phi) is 8.13. The van der Waals surface area contributed by atoms with E-state index in [-0.39, 0.29) is 11.7 Å². The summed E-state index contributed by atoms with van der Waals surface area (Å²) in [6, 6.07) is 0. The lowest BCUT2D eigenvalue weighted by molar-refractivity contribution is -0.122. The van der Waals surface area contributed by atoms with E-state index in [4.69, 9.17) is 17.0 Å². The highest BCUT2D eigenvalue weighted by atomic mass is 32.1. The monoisotopic (exact) mass is 259 g/mol. The number of nitrogens with zero attached hydrogens (tertiary/aromatic N) is 1. The molecule has 0 aromatic carbocycles. The van der Waals surface area contributed by atoms with Crippen molar-refractivity contribution < 1.29 is 9.53 Å². The van der Waals surface area contributed by atoms with E-state index < -0.39 is 0 Å². The molecule has 0 aromatic rings. The molecule has 0 heterocycles. The number of carbonyl (C=O) groups excluding carboxylic acids is 1. The molecule has 0 aromatic heterocycles. The van der Waals surface area contributed by atoms with Crippen LogP contribution in [0.25, 0.3) is 0 Å². The highest BCUT2D eigenvalue weighted by Gasteiger charge is 2.19. The summed E-state index contributed by atoms with van der Waals surface area (Å²) in [4.78, 5) is 13.3. The quantitative estimate of drug-likeness (QED) is 0.658. The van der Waals surface area contributed by atoms with Gasteiger partial charge in [0, 0.05) is 14.1 Å². The van der Waals surface area contributed by atoms with Gasteiger partial charge in [0.25, 0.3) is 5.17 Å². The van der Waals surface area contributed by atoms with Crippen LogP contribution in [0.3, 0.4) is 0 Å². The van der Waals surface area contributed by atoms with Gasteiger partial charge in [-0.05, 0) is 31.5 Å². The van der Waals surface area contributed by atoms with Gasteiger partial charge in [-0.3, -0.25) is 4.79 Å². The molecule has 0 rings (SSSR count). The molecule has 0 aliphatic carbocycles. The minimum absolute atomic E-state index is 0.0329. The van der Waals surface area contributed by atoms with E-state index in [0.29, 0.717) is 17.7 Å². The standard InChI is InChI=1S/C13H25NO2S/c1-6-7-10(2)8-12(11(3)15)9-16-13(17)14(4)5/h10,12H,6-9H2,1-5H3.